The maximum Gasteiger partial charge on any atom is 0.404 e. The molecule has 0 spiro atoms. The Balaban J connectivity index is 2.58. The second-order valence-corrected chi connectivity index (χ2v) is 4.41. The SMILES string of the molecule is O=C(O)N[C@@H](CO)Cc1ccc(I)cc1. The second-order valence-electron chi connectivity index (χ2n) is 3.16. The first-order valence-corrected chi connectivity index (χ1v) is 5.54. The molecular formula is C10H12INO3. The zero-order chi connectivity index (χ0) is 11.3. The highest BCUT2D eigenvalue weighted by Gasteiger charge is 2.10. The van der Waals surface area contributed by atoms with Gasteiger partial charge in [0.1, 0.15) is 0 Å². The molecule has 0 radical (unpaired) electrons. The number of benzene rings is 1. The average Bonchev–Trinajstić information content (AvgIpc) is 2.19. The number of hydrogen-bond acceptors (Lipinski definition) is 2. The van der Waals surface area contributed by atoms with E-state index in [-0.39, 0.29) is 6.61 Å². The van der Waals surface area contributed by atoms with E-state index in [4.69, 9.17) is 10.2 Å². The van der Waals surface area contributed by atoms with Crippen LogP contribution in [-0.2, 0) is 6.42 Å². The molecule has 0 unspecified atom stereocenters. The molecule has 0 saturated carbocycles. The summed E-state index contributed by atoms with van der Waals surface area (Å²) in [5, 5.41) is 19.7. The van der Waals surface area contributed by atoms with Crippen LogP contribution in [0, 0.1) is 3.57 Å². The second kappa shape index (κ2) is 5.92. The molecular weight excluding hydrogens is 309 g/mol. The Morgan fingerprint density at radius 2 is 2.00 bits per heavy atom. The fourth-order valence-corrected chi connectivity index (χ4v) is 1.60. The van der Waals surface area contributed by atoms with Crippen LogP contribution in [0.2, 0.25) is 0 Å². The smallest absolute Gasteiger partial charge is 0.404 e. The van der Waals surface area contributed by atoms with E-state index in [1.807, 2.05) is 24.3 Å². The molecule has 1 rings (SSSR count). The van der Waals surface area contributed by atoms with Crippen LogP contribution in [0.1, 0.15) is 5.56 Å². The molecule has 1 aromatic carbocycles. The summed E-state index contributed by atoms with van der Waals surface area (Å²) < 4.78 is 1.13. The summed E-state index contributed by atoms with van der Waals surface area (Å²) in [4.78, 5) is 10.4. The number of aliphatic hydroxyl groups is 1. The average molecular weight is 321 g/mol. The summed E-state index contributed by atoms with van der Waals surface area (Å²) in [6, 6.07) is 7.31. The molecule has 4 nitrogen and oxygen atoms in total. The van der Waals surface area contributed by atoms with Crippen molar-refractivity contribution < 1.29 is 15.0 Å². The molecule has 0 bridgehead atoms. The summed E-state index contributed by atoms with van der Waals surface area (Å²) in [5.74, 6) is 0. The number of aliphatic hydroxyl groups excluding tert-OH is 1. The highest BCUT2D eigenvalue weighted by molar-refractivity contribution is 14.1. The van der Waals surface area contributed by atoms with Crippen molar-refractivity contribution in [2.45, 2.75) is 12.5 Å². The van der Waals surface area contributed by atoms with Crippen molar-refractivity contribution in [1.82, 2.24) is 5.32 Å². The van der Waals surface area contributed by atoms with Crippen LogP contribution < -0.4 is 5.32 Å². The molecule has 3 N–H and O–H groups in total. The normalized spacial score (nSPS) is 12.1. The summed E-state index contributed by atoms with van der Waals surface area (Å²) in [7, 11) is 0. The predicted octanol–water partition coefficient (Wildman–Crippen LogP) is 1.46. The van der Waals surface area contributed by atoms with Crippen molar-refractivity contribution in [3.05, 3.63) is 33.4 Å². The third kappa shape index (κ3) is 4.48. The lowest BCUT2D eigenvalue weighted by molar-refractivity contribution is 0.177. The Morgan fingerprint density at radius 3 is 2.47 bits per heavy atom. The summed E-state index contributed by atoms with van der Waals surface area (Å²) in [5.41, 5.74) is 1.00. The fraction of sp³-hybridized carbons (Fsp3) is 0.300. The van der Waals surface area contributed by atoms with Crippen LogP contribution in [0.5, 0.6) is 0 Å². The number of carboxylic acid groups (broad SMARTS) is 1. The largest absolute Gasteiger partial charge is 0.465 e. The molecule has 0 aliphatic carbocycles. The zero-order valence-corrected chi connectivity index (χ0v) is 10.1. The molecule has 0 aliphatic heterocycles. The maximum absolute atomic E-state index is 10.4. The standard InChI is InChI=1S/C10H12INO3/c11-8-3-1-7(2-4-8)5-9(6-13)12-10(14)15/h1-4,9,12-13H,5-6H2,(H,14,15)/t9-/m1/s1. The first kappa shape index (κ1) is 12.3. The Morgan fingerprint density at radius 1 is 1.40 bits per heavy atom. The molecule has 0 heterocycles. The van der Waals surface area contributed by atoms with Crippen LogP contribution in [-0.4, -0.2) is 29.0 Å². The van der Waals surface area contributed by atoms with Crippen LogP contribution in [0.4, 0.5) is 4.79 Å². The van der Waals surface area contributed by atoms with Crippen LogP contribution in [0.25, 0.3) is 0 Å². The van der Waals surface area contributed by atoms with Gasteiger partial charge in [0.05, 0.1) is 12.6 Å². The molecule has 1 aromatic rings. The topological polar surface area (TPSA) is 69.6 Å². The Bertz CT molecular complexity index is 326. The zero-order valence-electron chi connectivity index (χ0n) is 7.98. The van der Waals surface area contributed by atoms with Gasteiger partial charge in [-0.2, -0.15) is 0 Å². The molecule has 0 aromatic heterocycles. The van der Waals surface area contributed by atoms with Gasteiger partial charge in [-0.1, -0.05) is 12.1 Å². The third-order valence-corrected chi connectivity index (χ3v) is 2.66. The lowest BCUT2D eigenvalue weighted by Gasteiger charge is -2.13. The van der Waals surface area contributed by atoms with E-state index in [9.17, 15) is 4.79 Å². The van der Waals surface area contributed by atoms with Gasteiger partial charge in [-0.3, -0.25) is 0 Å². The van der Waals surface area contributed by atoms with Gasteiger partial charge in [0.2, 0.25) is 0 Å². The van der Waals surface area contributed by atoms with E-state index < -0.39 is 12.1 Å². The maximum atomic E-state index is 10.4. The highest BCUT2D eigenvalue weighted by atomic mass is 127. The van der Waals surface area contributed by atoms with Crippen molar-refractivity contribution in [3.63, 3.8) is 0 Å². The molecule has 1 atom stereocenters. The first-order chi connectivity index (χ1) is 7.11. The van der Waals surface area contributed by atoms with E-state index in [0.717, 1.165) is 9.13 Å². The van der Waals surface area contributed by atoms with Crippen LogP contribution >= 0.6 is 22.6 Å². The van der Waals surface area contributed by atoms with Gasteiger partial charge < -0.3 is 15.5 Å². The third-order valence-electron chi connectivity index (χ3n) is 1.94. The van der Waals surface area contributed by atoms with Crippen LogP contribution in [0.3, 0.4) is 0 Å². The lowest BCUT2D eigenvalue weighted by Crippen LogP contribution is -2.38. The summed E-state index contributed by atoms with van der Waals surface area (Å²) in [6.07, 6.45) is -0.612. The van der Waals surface area contributed by atoms with E-state index in [1.165, 1.54) is 0 Å². The van der Waals surface area contributed by atoms with Crippen molar-refractivity contribution in [1.29, 1.82) is 0 Å². The number of halogens is 1. The number of carbonyl (C=O) groups is 1. The molecule has 82 valence electrons. The van der Waals surface area contributed by atoms with Crippen LogP contribution in [0.15, 0.2) is 24.3 Å². The van der Waals surface area contributed by atoms with Crippen molar-refractivity contribution in [3.8, 4) is 0 Å². The molecule has 0 saturated heterocycles. The highest BCUT2D eigenvalue weighted by Crippen LogP contribution is 2.08. The monoisotopic (exact) mass is 321 g/mol. The van der Waals surface area contributed by atoms with E-state index in [2.05, 4.69) is 27.9 Å². The molecule has 5 heteroatoms. The van der Waals surface area contributed by atoms with Gasteiger partial charge in [0.25, 0.3) is 0 Å². The van der Waals surface area contributed by atoms with Gasteiger partial charge in [-0.15, -0.1) is 0 Å². The Hall–Kier alpha value is -0.820. The number of nitrogens with one attached hydrogen (secondary N) is 1. The van der Waals surface area contributed by atoms with Crippen molar-refractivity contribution >= 4 is 28.7 Å². The number of hydrogen-bond donors (Lipinski definition) is 3. The molecule has 1 amide bonds. The first-order valence-electron chi connectivity index (χ1n) is 4.46. The fourth-order valence-electron chi connectivity index (χ4n) is 1.24. The molecule has 15 heavy (non-hydrogen) atoms. The van der Waals surface area contributed by atoms with Gasteiger partial charge in [-0.25, -0.2) is 4.79 Å². The summed E-state index contributed by atoms with van der Waals surface area (Å²) >= 11 is 2.20. The van der Waals surface area contributed by atoms with E-state index in [0.29, 0.717) is 6.42 Å². The Labute approximate surface area is 101 Å². The number of amides is 1. The minimum absolute atomic E-state index is 0.196. The quantitative estimate of drug-likeness (QED) is 0.736. The van der Waals surface area contributed by atoms with E-state index in [1.54, 1.807) is 0 Å². The minimum atomic E-state index is -1.11. The van der Waals surface area contributed by atoms with Gasteiger partial charge in [-0.05, 0) is 46.7 Å². The number of rotatable bonds is 4. The molecule has 0 fully saturated rings. The van der Waals surface area contributed by atoms with Crippen molar-refractivity contribution in [2.75, 3.05) is 6.61 Å². The van der Waals surface area contributed by atoms with E-state index >= 15 is 0 Å². The summed E-state index contributed by atoms with van der Waals surface area (Å²) in [6.45, 7) is -0.196. The molecule has 0 aliphatic rings. The minimum Gasteiger partial charge on any atom is -0.465 e. The van der Waals surface area contributed by atoms with Gasteiger partial charge in [0, 0.05) is 3.57 Å². The predicted molar refractivity (Wildman–Crippen MR) is 64.9 cm³/mol. The van der Waals surface area contributed by atoms with Crippen molar-refractivity contribution in [2.24, 2.45) is 0 Å². The van der Waals surface area contributed by atoms with Gasteiger partial charge in [0.15, 0.2) is 0 Å². The Kier molecular flexibility index (Phi) is 4.83. The lowest BCUT2D eigenvalue weighted by atomic mass is 10.1. The van der Waals surface area contributed by atoms with Gasteiger partial charge >= 0.3 is 6.09 Å².